The molecular weight excluding hydrogens is 250 g/mol. The van der Waals surface area contributed by atoms with Gasteiger partial charge in [0.1, 0.15) is 0 Å². The second-order valence-corrected chi connectivity index (χ2v) is 4.60. The molecule has 2 N–H and O–H groups in total. The van der Waals surface area contributed by atoms with Crippen molar-refractivity contribution in [2.24, 2.45) is 0 Å². The van der Waals surface area contributed by atoms with Gasteiger partial charge in [-0.2, -0.15) is 0 Å². The highest BCUT2D eigenvalue weighted by atomic mass is 35.5. The minimum Gasteiger partial charge on any atom is -0.399 e. The number of carbonyl (C=O) groups is 1. The Hall–Kier alpha value is -1.26. The molecule has 100 valence electrons. The molecule has 1 aliphatic rings. The minimum atomic E-state index is 0. The van der Waals surface area contributed by atoms with Crippen LogP contribution in [-0.2, 0) is 11.2 Å². The molecule has 1 aromatic rings. The van der Waals surface area contributed by atoms with Crippen molar-refractivity contribution < 1.29 is 4.79 Å². The van der Waals surface area contributed by atoms with E-state index in [2.05, 4.69) is 11.9 Å². The van der Waals surface area contributed by atoms with E-state index in [4.69, 9.17) is 5.73 Å². The third-order valence-electron chi connectivity index (χ3n) is 3.19. The number of likely N-dealkylation sites (N-methyl/N-ethyl adjacent to an activating group) is 1. The van der Waals surface area contributed by atoms with E-state index in [1.165, 1.54) is 0 Å². The largest absolute Gasteiger partial charge is 0.399 e. The van der Waals surface area contributed by atoms with Crippen LogP contribution in [0.4, 0.5) is 5.69 Å². The molecule has 0 spiro atoms. The zero-order valence-corrected chi connectivity index (χ0v) is 11.4. The first kappa shape index (κ1) is 14.8. The van der Waals surface area contributed by atoms with Gasteiger partial charge in [0.25, 0.3) is 0 Å². The fourth-order valence-electron chi connectivity index (χ4n) is 1.98. The van der Waals surface area contributed by atoms with Crippen LogP contribution in [0, 0.1) is 0 Å². The number of nitrogens with two attached hydrogens (primary N) is 1. The zero-order chi connectivity index (χ0) is 12.3. The minimum absolute atomic E-state index is 0. The highest BCUT2D eigenvalue weighted by Gasteiger charge is 2.18. The monoisotopic (exact) mass is 269 g/mol. The van der Waals surface area contributed by atoms with Crippen molar-refractivity contribution in [3.63, 3.8) is 0 Å². The van der Waals surface area contributed by atoms with Gasteiger partial charge in [-0.1, -0.05) is 12.1 Å². The first-order chi connectivity index (χ1) is 8.15. The molecular formula is C13H20ClN3O. The average Bonchev–Trinajstić information content (AvgIpc) is 2.33. The van der Waals surface area contributed by atoms with Crippen molar-refractivity contribution in [3.05, 3.63) is 29.8 Å². The fraction of sp³-hybridized carbons (Fsp3) is 0.462. The predicted molar refractivity (Wildman–Crippen MR) is 75.9 cm³/mol. The van der Waals surface area contributed by atoms with Gasteiger partial charge in [0.15, 0.2) is 0 Å². The van der Waals surface area contributed by atoms with Crippen LogP contribution in [0.5, 0.6) is 0 Å². The Kier molecular flexibility index (Phi) is 5.44. The molecule has 18 heavy (non-hydrogen) atoms. The number of halogens is 1. The van der Waals surface area contributed by atoms with Crippen LogP contribution >= 0.6 is 12.4 Å². The van der Waals surface area contributed by atoms with Crippen LogP contribution in [0.2, 0.25) is 0 Å². The van der Waals surface area contributed by atoms with E-state index < -0.39 is 0 Å². The summed E-state index contributed by atoms with van der Waals surface area (Å²) in [6.45, 7) is 3.61. The smallest absolute Gasteiger partial charge is 0.227 e. The SMILES string of the molecule is CN1CCN(C(=O)Cc2ccc(N)cc2)CC1.Cl. The predicted octanol–water partition coefficient (Wildman–Crippen LogP) is 1.01. The van der Waals surface area contributed by atoms with E-state index in [0.717, 1.165) is 37.4 Å². The molecule has 0 radical (unpaired) electrons. The van der Waals surface area contributed by atoms with Gasteiger partial charge >= 0.3 is 0 Å². The summed E-state index contributed by atoms with van der Waals surface area (Å²) in [5.41, 5.74) is 7.38. The highest BCUT2D eigenvalue weighted by molar-refractivity contribution is 5.85. The quantitative estimate of drug-likeness (QED) is 0.816. The number of piperazine rings is 1. The van der Waals surface area contributed by atoms with Crippen molar-refractivity contribution in [2.75, 3.05) is 39.0 Å². The summed E-state index contributed by atoms with van der Waals surface area (Å²) in [6.07, 6.45) is 0.476. The average molecular weight is 270 g/mol. The number of anilines is 1. The van der Waals surface area contributed by atoms with E-state index in [1.54, 1.807) is 0 Å². The molecule has 4 nitrogen and oxygen atoms in total. The lowest BCUT2D eigenvalue weighted by molar-refractivity contribution is -0.132. The molecule has 1 aliphatic heterocycles. The molecule has 0 aliphatic carbocycles. The molecule has 1 heterocycles. The summed E-state index contributed by atoms with van der Waals surface area (Å²) >= 11 is 0. The molecule has 0 bridgehead atoms. The standard InChI is InChI=1S/C13H19N3O.ClH/c1-15-6-8-16(9-7-15)13(17)10-11-2-4-12(14)5-3-11;/h2-5H,6-10,14H2,1H3;1H. The number of rotatable bonds is 2. The lowest BCUT2D eigenvalue weighted by Crippen LogP contribution is -2.47. The van der Waals surface area contributed by atoms with Crippen LogP contribution in [0.1, 0.15) is 5.56 Å². The van der Waals surface area contributed by atoms with Crippen LogP contribution in [-0.4, -0.2) is 48.9 Å². The number of nitrogen functional groups attached to an aromatic ring is 1. The summed E-state index contributed by atoms with van der Waals surface area (Å²) in [4.78, 5) is 16.2. The van der Waals surface area contributed by atoms with Gasteiger partial charge in [0.2, 0.25) is 5.91 Å². The third kappa shape index (κ3) is 3.89. The van der Waals surface area contributed by atoms with Gasteiger partial charge in [0, 0.05) is 31.9 Å². The molecule has 1 amide bonds. The molecule has 5 heteroatoms. The Labute approximate surface area is 114 Å². The number of hydrogen-bond acceptors (Lipinski definition) is 3. The van der Waals surface area contributed by atoms with Gasteiger partial charge in [-0.05, 0) is 24.7 Å². The van der Waals surface area contributed by atoms with E-state index in [9.17, 15) is 4.79 Å². The lowest BCUT2D eigenvalue weighted by Gasteiger charge is -2.32. The number of hydrogen-bond donors (Lipinski definition) is 1. The molecule has 0 atom stereocenters. The molecule has 1 fully saturated rings. The van der Waals surface area contributed by atoms with Crippen molar-refractivity contribution >= 4 is 24.0 Å². The third-order valence-corrected chi connectivity index (χ3v) is 3.19. The van der Waals surface area contributed by atoms with Crippen LogP contribution < -0.4 is 5.73 Å². The van der Waals surface area contributed by atoms with E-state index in [1.807, 2.05) is 29.2 Å². The number of nitrogens with zero attached hydrogens (tertiary/aromatic N) is 2. The maximum atomic E-state index is 12.0. The summed E-state index contributed by atoms with van der Waals surface area (Å²) < 4.78 is 0. The first-order valence-corrected chi connectivity index (χ1v) is 5.96. The van der Waals surface area contributed by atoms with Crippen molar-refractivity contribution in [1.29, 1.82) is 0 Å². The number of amides is 1. The lowest BCUT2D eigenvalue weighted by atomic mass is 10.1. The molecule has 1 aromatic carbocycles. The Balaban J connectivity index is 0.00000162. The normalized spacial score (nSPS) is 16.2. The highest BCUT2D eigenvalue weighted by Crippen LogP contribution is 2.09. The van der Waals surface area contributed by atoms with Gasteiger partial charge < -0.3 is 15.5 Å². The maximum absolute atomic E-state index is 12.0. The second kappa shape index (κ2) is 6.61. The maximum Gasteiger partial charge on any atom is 0.227 e. The first-order valence-electron chi connectivity index (χ1n) is 5.96. The molecule has 0 aromatic heterocycles. The topological polar surface area (TPSA) is 49.6 Å². The van der Waals surface area contributed by atoms with Crippen LogP contribution in [0.25, 0.3) is 0 Å². The van der Waals surface area contributed by atoms with E-state index in [0.29, 0.717) is 6.42 Å². The van der Waals surface area contributed by atoms with Crippen LogP contribution in [0.15, 0.2) is 24.3 Å². The van der Waals surface area contributed by atoms with E-state index in [-0.39, 0.29) is 18.3 Å². The zero-order valence-electron chi connectivity index (χ0n) is 10.6. The second-order valence-electron chi connectivity index (χ2n) is 4.60. The Morgan fingerprint density at radius 1 is 1.17 bits per heavy atom. The summed E-state index contributed by atoms with van der Waals surface area (Å²) in [6, 6.07) is 7.52. The Morgan fingerprint density at radius 3 is 2.28 bits per heavy atom. The number of benzene rings is 1. The van der Waals surface area contributed by atoms with Crippen molar-refractivity contribution in [3.8, 4) is 0 Å². The fourth-order valence-corrected chi connectivity index (χ4v) is 1.98. The van der Waals surface area contributed by atoms with E-state index >= 15 is 0 Å². The molecule has 0 unspecified atom stereocenters. The molecule has 2 rings (SSSR count). The van der Waals surface area contributed by atoms with Gasteiger partial charge in [0.05, 0.1) is 6.42 Å². The molecule has 1 saturated heterocycles. The van der Waals surface area contributed by atoms with Crippen molar-refractivity contribution in [2.45, 2.75) is 6.42 Å². The summed E-state index contributed by atoms with van der Waals surface area (Å²) in [5.74, 6) is 0.211. The summed E-state index contributed by atoms with van der Waals surface area (Å²) in [7, 11) is 2.09. The summed E-state index contributed by atoms with van der Waals surface area (Å²) in [5, 5.41) is 0. The number of carbonyl (C=O) groups excluding carboxylic acids is 1. The van der Waals surface area contributed by atoms with Gasteiger partial charge in [-0.15, -0.1) is 12.4 Å². The molecule has 0 saturated carbocycles. The Bertz CT molecular complexity index is 386. The van der Waals surface area contributed by atoms with Crippen molar-refractivity contribution in [1.82, 2.24) is 9.80 Å². The van der Waals surface area contributed by atoms with Gasteiger partial charge in [-0.25, -0.2) is 0 Å². The van der Waals surface area contributed by atoms with Crippen LogP contribution in [0.3, 0.4) is 0 Å². The van der Waals surface area contributed by atoms with Gasteiger partial charge in [-0.3, -0.25) is 4.79 Å². The Morgan fingerprint density at radius 2 is 1.72 bits per heavy atom.